The van der Waals surface area contributed by atoms with Crippen molar-refractivity contribution < 1.29 is 29.4 Å². The Kier molecular flexibility index (Phi) is 18.2. The van der Waals surface area contributed by atoms with Crippen LogP contribution < -0.4 is 10.6 Å². The van der Waals surface area contributed by atoms with Gasteiger partial charge >= 0.3 is 11.9 Å². The number of carbonyl (C=O) groups excluding carboxylic acids is 2. The zero-order valence-electron chi connectivity index (χ0n) is 45.3. The molecule has 8 nitrogen and oxygen atoms in total. The minimum atomic E-state index is -0.976. The quantitative estimate of drug-likeness (QED) is 0.0524. The summed E-state index contributed by atoms with van der Waals surface area (Å²) in [5.41, 5.74) is 15.8. The van der Waals surface area contributed by atoms with Gasteiger partial charge in [-0.05, 0) is 136 Å². The molecule has 0 saturated heterocycles. The predicted molar refractivity (Wildman–Crippen MR) is 317 cm³/mol. The van der Waals surface area contributed by atoms with Crippen molar-refractivity contribution in [2.24, 2.45) is 0 Å². The van der Waals surface area contributed by atoms with E-state index in [1.54, 1.807) is 48.6 Å². The molecule has 8 heteroatoms. The highest BCUT2D eigenvalue weighted by Gasteiger charge is 2.25. The predicted octanol–water partition coefficient (Wildman–Crippen LogP) is 16.4. The molecule has 0 atom stereocenters. The molecule has 0 aromatic heterocycles. The number of ketones is 2. The Morgan fingerprint density at radius 1 is 0.442 bits per heavy atom. The number of carboxylic acids is 2. The number of aryl methyl sites for hydroxylation is 2. The van der Waals surface area contributed by atoms with Crippen LogP contribution in [0.1, 0.15) is 127 Å². The normalized spacial score (nSPS) is 11.5. The van der Waals surface area contributed by atoms with Gasteiger partial charge in [0, 0.05) is 46.7 Å². The first-order valence-electron chi connectivity index (χ1n) is 25.9. The van der Waals surface area contributed by atoms with E-state index < -0.39 is 11.9 Å². The lowest BCUT2D eigenvalue weighted by Crippen LogP contribution is -2.18. The van der Waals surface area contributed by atoms with Crippen LogP contribution >= 0.6 is 0 Å². The summed E-state index contributed by atoms with van der Waals surface area (Å²) in [5.74, 6) is -2.17. The van der Waals surface area contributed by atoms with Crippen molar-refractivity contribution in [3.8, 4) is 22.3 Å². The highest BCUT2D eigenvalue weighted by molar-refractivity contribution is 6.09. The number of rotatable bonds is 17. The van der Waals surface area contributed by atoms with Crippen LogP contribution in [0.4, 0.5) is 11.4 Å². The molecule has 0 bridgehead atoms. The van der Waals surface area contributed by atoms with Crippen molar-refractivity contribution >= 4 is 47.0 Å². The van der Waals surface area contributed by atoms with E-state index in [2.05, 4.69) is 151 Å². The molecule has 0 amide bonds. The third-order valence-electron chi connectivity index (χ3n) is 13.2. The lowest BCUT2D eigenvalue weighted by Gasteiger charge is -2.27. The average molecular weight is 1020 g/mol. The summed E-state index contributed by atoms with van der Waals surface area (Å²) in [6.07, 6.45) is 7.44. The molecule has 8 rings (SSSR count). The molecule has 0 radical (unpaired) electrons. The van der Waals surface area contributed by atoms with Gasteiger partial charge in [0.15, 0.2) is 11.6 Å². The molecule has 0 aliphatic heterocycles. The van der Waals surface area contributed by atoms with Gasteiger partial charge in [-0.15, -0.1) is 0 Å². The largest absolute Gasteiger partial charge is 0.478 e. The van der Waals surface area contributed by atoms with Crippen LogP contribution in [0.2, 0.25) is 0 Å². The highest BCUT2D eigenvalue weighted by Crippen LogP contribution is 2.41. The van der Waals surface area contributed by atoms with E-state index >= 15 is 0 Å². The number of nitrogens with one attached hydrogen (secondary N) is 2. The standard InChI is InChI=1S/C35H35NO3.C34H33NO3/c1-24-10-15-27(16-11-24)30-22-29(32(37)19-14-26-12-17-28(18-13-26)34(38)39)23-31(35(2,3)4)33(30)36-21-20-25-8-6-5-7-9-25;1-23-10-15-26(16-11-23)29-20-28(31(36)19-14-24-12-17-27(18-13-24)33(37)38)21-30(34(2,3)4)32(29)35-22-25-8-6-5-7-9-25/h5-19,22-23,36H,20-21H2,1-4H3,(H,38,39);5-21,35H,22H2,1-4H3,(H,37,38)/b2*19-14+. The van der Waals surface area contributed by atoms with Crippen LogP contribution in [-0.2, 0) is 23.8 Å². The first kappa shape index (κ1) is 55.9. The molecular formula is C69H68N2O6. The van der Waals surface area contributed by atoms with Gasteiger partial charge in [0.2, 0.25) is 0 Å². The lowest BCUT2D eigenvalue weighted by molar-refractivity contribution is 0.0686. The Morgan fingerprint density at radius 3 is 1.19 bits per heavy atom. The Labute approximate surface area is 453 Å². The fraction of sp³-hybridized carbons (Fsp3) is 0.188. The van der Waals surface area contributed by atoms with Gasteiger partial charge in [0.25, 0.3) is 0 Å². The Bertz CT molecular complexity index is 3400. The number of allylic oxidation sites excluding steroid dienone is 2. The first-order valence-corrected chi connectivity index (χ1v) is 25.9. The second kappa shape index (κ2) is 25.1. The SMILES string of the molecule is Cc1ccc(-c2cc(C(=O)/C=C/c3ccc(C(=O)O)cc3)cc(C(C)(C)C)c2NCCc2ccccc2)cc1.Cc1ccc(-c2cc(C(=O)/C=C/c3ccc(C(=O)O)cc3)cc(C(C)(C)C)c2NCc2ccccc2)cc1. The van der Waals surface area contributed by atoms with E-state index in [9.17, 15) is 19.2 Å². The molecule has 390 valence electrons. The summed E-state index contributed by atoms with van der Waals surface area (Å²) in [4.78, 5) is 49.1. The van der Waals surface area contributed by atoms with Crippen molar-refractivity contribution in [1.29, 1.82) is 0 Å². The van der Waals surface area contributed by atoms with Crippen molar-refractivity contribution in [3.63, 3.8) is 0 Å². The zero-order valence-corrected chi connectivity index (χ0v) is 45.3. The number of anilines is 2. The van der Waals surface area contributed by atoms with E-state index in [0.717, 1.165) is 68.8 Å². The maximum Gasteiger partial charge on any atom is 0.335 e. The molecule has 0 spiro atoms. The number of benzene rings is 8. The molecule has 4 N–H and O–H groups in total. The number of aromatic carboxylic acids is 2. The zero-order chi connectivity index (χ0) is 55.3. The maximum atomic E-state index is 13.4. The Balaban J connectivity index is 0.000000224. The maximum absolute atomic E-state index is 13.4. The van der Waals surface area contributed by atoms with Crippen molar-refractivity contribution in [1.82, 2.24) is 0 Å². The van der Waals surface area contributed by atoms with Crippen molar-refractivity contribution in [2.75, 3.05) is 17.2 Å². The third-order valence-corrected chi connectivity index (χ3v) is 13.2. The average Bonchev–Trinajstić information content (AvgIpc) is 3.42. The Morgan fingerprint density at radius 2 is 0.818 bits per heavy atom. The molecule has 0 heterocycles. The minimum absolute atomic E-state index is 0.105. The summed E-state index contributed by atoms with van der Waals surface area (Å²) in [5, 5.41) is 25.6. The summed E-state index contributed by atoms with van der Waals surface area (Å²) in [6.45, 7) is 18.5. The van der Waals surface area contributed by atoms with Gasteiger partial charge in [0.05, 0.1) is 11.1 Å². The molecule has 8 aromatic carbocycles. The Hall–Kier alpha value is -8.88. The van der Waals surface area contributed by atoms with E-state index in [0.29, 0.717) is 17.7 Å². The van der Waals surface area contributed by atoms with E-state index in [-0.39, 0.29) is 33.5 Å². The monoisotopic (exact) mass is 1020 g/mol. The number of carbonyl (C=O) groups is 4. The molecule has 0 unspecified atom stereocenters. The molecular weight excluding hydrogens is 953 g/mol. The fourth-order valence-corrected chi connectivity index (χ4v) is 8.83. The van der Waals surface area contributed by atoms with Crippen LogP contribution in [0.5, 0.6) is 0 Å². The van der Waals surface area contributed by atoms with Gasteiger partial charge in [-0.3, -0.25) is 9.59 Å². The van der Waals surface area contributed by atoms with E-state index in [4.69, 9.17) is 10.2 Å². The van der Waals surface area contributed by atoms with Gasteiger partial charge in [0.1, 0.15) is 0 Å². The summed E-state index contributed by atoms with van der Waals surface area (Å²) in [6, 6.07) is 58.3. The van der Waals surface area contributed by atoms with Gasteiger partial charge in [-0.1, -0.05) is 198 Å². The second-order valence-electron chi connectivity index (χ2n) is 21.4. The number of carboxylic acid groups (broad SMARTS) is 2. The smallest absolute Gasteiger partial charge is 0.335 e. The molecule has 0 aliphatic rings. The van der Waals surface area contributed by atoms with Gasteiger partial charge in [-0.2, -0.15) is 0 Å². The van der Waals surface area contributed by atoms with Crippen molar-refractivity contribution in [2.45, 2.75) is 79.2 Å². The molecule has 0 fully saturated rings. The van der Waals surface area contributed by atoms with Crippen LogP contribution in [0.3, 0.4) is 0 Å². The van der Waals surface area contributed by atoms with Crippen LogP contribution in [0.15, 0.2) is 194 Å². The number of hydrogen-bond acceptors (Lipinski definition) is 6. The third kappa shape index (κ3) is 15.4. The van der Waals surface area contributed by atoms with Crippen LogP contribution in [-0.4, -0.2) is 40.3 Å². The fourth-order valence-electron chi connectivity index (χ4n) is 8.83. The topological polar surface area (TPSA) is 133 Å². The van der Waals surface area contributed by atoms with Crippen molar-refractivity contribution in [3.05, 3.63) is 261 Å². The van der Waals surface area contributed by atoms with Crippen LogP contribution in [0.25, 0.3) is 34.4 Å². The highest BCUT2D eigenvalue weighted by atomic mass is 16.4. The lowest BCUT2D eigenvalue weighted by atomic mass is 9.81. The molecule has 8 aromatic rings. The summed E-state index contributed by atoms with van der Waals surface area (Å²) >= 11 is 0. The van der Waals surface area contributed by atoms with Crippen LogP contribution in [0, 0.1) is 13.8 Å². The number of hydrogen-bond donors (Lipinski definition) is 4. The minimum Gasteiger partial charge on any atom is -0.478 e. The molecule has 0 aliphatic carbocycles. The molecule has 77 heavy (non-hydrogen) atoms. The van der Waals surface area contributed by atoms with E-state index in [1.807, 2.05) is 48.5 Å². The molecule has 0 saturated carbocycles. The second-order valence-corrected chi connectivity index (χ2v) is 21.4. The van der Waals surface area contributed by atoms with Gasteiger partial charge < -0.3 is 20.8 Å². The summed E-state index contributed by atoms with van der Waals surface area (Å²) < 4.78 is 0. The van der Waals surface area contributed by atoms with E-state index in [1.165, 1.54) is 46.5 Å². The van der Waals surface area contributed by atoms with Gasteiger partial charge in [-0.25, -0.2) is 9.59 Å². The summed E-state index contributed by atoms with van der Waals surface area (Å²) in [7, 11) is 0. The first-order chi connectivity index (χ1) is 36.7.